The Balaban J connectivity index is 1.64. The van der Waals surface area contributed by atoms with Crippen molar-refractivity contribution in [1.82, 2.24) is 10.6 Å². The van der Waals surface area contributed by atoms with E-state index >= 15 is 0 Å². The molecule has 2 N–H and O–H groups in total. The highest BCUT2D eigenvalue weighted by atomic mass is 15.1. The number of nitrogens with one attached hydrogen (secondary N) is 2. The SMILES string of the molecule is CC1CCCC1CNC1CNC1. The maximum absolute atomic E-state index is 3.63. The molecule has 0 spiro atoms. The first kappa shape index (κ1) is 8.52. The van der Waals surface area contributed by atoms with Gasteiger partial charge < -0.3 is 10.6 Å². The van der Waals surface area contributed by atoms with E-state index in [4.69, 9.17) is 0 Å². The van der Waals surface area contributed by atoms with Crippen molar-refractivity contribution in [2.45, 2.75) is 32.2 Å². The predicted molar refractivity (Wildman–Crippen MR) is 51.2 cm³/mol. The zero-order valence-electron chi connectivity index (χ0n) is 7.97. The third-order valence-electron chi connectivity index (χ3n) is 3.49. The van der Waals surface area contributed by atoms with E-state index in [2.05, 4.69) is 17.6 Å². The Kier molecular flexibility index (Phi) is 2.66. The van der Waals surface area contributed by atoms with Crippen LogP contribution in [0.25, 0.3) is 0 Å². The van der Waals surface area contributed by atoms with Gasteiger partial charge in [0.05, 0.1) is 0 Å². The molecule has 1 saturated heterocycles. The maximum atomic E-state index is 3.63. The Morgan fingerprint density at radius 1 is 1.33 bits per heavy atom. The second kappa shape index (κ2) is 3.75. The Morgan fingerprint density at radius 2 is 2.17 bits per heavy atom. The molecule has 2 atom stereocenters. The maximum Gasteiger partial charge on any atom is 0.0317 e. The fourth-order valence-corrected chi connectivity index (χ4v) is 2.28. The summed E-state index contributed by atoms with van der Waals surface area (Å²) in [5.74, 6) is 1.93. The lowest BCUT2D eigenvalue weighted by Crippen LogP contribution is -2.56. The highest BCUT2D eigenvalue weighted by molar-refractivity contribution is 4.84. The Morgan fingerprint density at radius 3 is 2.67 bits per heavy atom. The van der Waals surface area contributed by atoms with E-state index in [0.29, 0.717) is 0 Å². The predicted octanol–water partition coefficient (Wildman–Crippen LogP) is 0.984. The molecule has 1 aliphatic carbocycles. The summed E-state index contributed by atoms with van der Waals surface area (Å²) in [4.78, 5) is 0. The molecule has 2 nitrogen and oxygen atoms in total. The largest absolute Gasteiger partial charge is 0.314 e. The van der Waals surface area contributed by atoms with E-state index < -0.39 is 0 Å². The second-order valence-corrected chi connectivity index (χ2v) is 4.43. The fourth-order valence-electron chi connectivity index (χ4n) is 2.28. The topological polar surface area (TPSA) is 24.1 Å². The molecule has 70 valence electrons. The van der Waals surface area contributed by atoms with Crippen LogP contribution >= 0.6 is 0 Å². The van der Waals surface area contributed by atoms with Gasteiger partial charge in [-0.05, 0) is 24.8 Å². The minimum atomic E-state index is 0.776. The van der Waals surface area contributed by atoms with Crippen molar-refractivity contribution in [1.29, 1.82) is 0 Å². The van der Waals surface area contributed by atoms with E-state index in [1.807, 2.05) is 0 Å². The number of hydrogen-bond donors (Lipinski definition) is 2. The molecule has 1 saturated carbocycles. The lowest BCUT2D eigenvalue weighted by Gasteiger charge is -2.30. The lowest BCUT2D eigenvalue weighted by atomic mass is 9.97. The molecule has 2 unspecified atom stereocenters. The Bertz CT molecular complexity index is 143. The molecule has 0 amide bonds. The minimum Gasteiger partial charge on any atom is -0.314 e. The molecule has 2 rings (SSSR count). The van der Waals surface area contributed by atoms with Gasteiger partial charge >= 0.3 is 0 Å². The summed E-state index contributed by atoms with van der Waals surface area (Å²) < 4.78 is 0. The first-order chi connectivity index (χ1) is 5.86. The molecule has 2 heteroatoms. The van der Waals surface area contributed by atoms with Crippen LogP contribution in [-0.2, 0) is 0 Å². The van der Waals surface area contributed by atoms with Crippen LogP contribution in [0.15, 0.2) is 0 Å². The van der Waals surface area contributed by atoms with Crippen LogP contribution < -0.4 is 10.6 Å². The van der Waals surface area contributed by atoms with Crippen LogP contribution in [0, 0.1) is 11.8 Å². The van der Waals surface area contributed by atoms with Gasteiger partial charge in [-0.1, -0.05) is 19.8 Å². The van der Waals surface area contributed by atoms with Crippen LogP contribution in [0.5, 0.6) is 0 Å². The van der Waals surface area contributed by atoms with Crippen molar-refractivity contribution in [3.63, 3.8) is 0 Å². The highest BCUT2D eigenvalue weighted by Crippen LogP contribution is 2.30. The molecule has 0 aromatic carbocycles. The molecule has 1 heterocycles. The average Bonchev–Trinajstić information content (AvgIpc) is 2.33. The smallest absolute Gasteiger partial charge is 0.0317 e. The first-order valence-electron chi connectivity index (χ1n) is 5.30. The van der Waals surface area contributed by atoms with Crippen molar-refractivity contribution in [2.24, 2.45) is 11.8 Å². The molecular weight excluding hydrogens is 148 g/mol. The zero-order chi connectivity index (χ0) is 8.39. The van der Waals surface area contributed by atoms with Crippen LogP contribution in [0.4, 0.5) is 0 Å². The molecule has 0 aromatic heterocycles. The van der Waals surface area contributed by atoms with Gasteiger partial charge in [0.25, 0.3) is 0 Å². The molecule has 0 bridgehead atoms. The number of rotatable bonds is 3. The van der Waals surface area contributed by atoms with Crippen molar-refractivity contribution < 1.29 is 0 Å². The van der Waals surface area contributed by atoms with Gasteiger partial charge in [0.15, 0.2) is 0 Å². The summed E-state index contributed by atoms with van der Waals surface area (Å²) in [7, 11) is 0. The molecule has 0 aromatic rings. The van der Waals surface area contributed by atoms with Crippen molar-refractivity contribution >= 4 is 0 Å². The quantitative estimate of drug-likeness (QED) is 0.656. The van der Waals surface area contributed by atoms with Gasteiger partial charge in [-0.2, -0.15) is 0 Å². The van der Waals surface area contributed by atoms with E-state index in [-0.39, 0.29) is 0 Å². The summed E-state index contributed by atoms with van der Waals surface area (Å²) in [6, 6.07) is 0.776. The van der Waals surface area contributed by atoms with E-state index in [9.17, 15) is 0 Å². The van der Waals surface area contributed by atoms with E-state index in [1.54, 1.807) is 0 Å². The number of hydrogen-bond acceptors (Lipinski definition) is 2. The summed E-state index contributed by atoms with van der Waals surface area (Å²) >= 11 is 0. The van der Waals surface area contributed by atoms with Crippen LogP contribution in [0.1, 0.15) is 26.2 Å². The fraction of sp³-hybridized carbons (Fsp3) is 1.00. The van der Waals surface area contributed by atoms with Gasteiger partial charge in [-0.3, -0.25) is 0 Å². The van der Waals surface area contributed by atoms with Gasteiger partial charge in [0.2, 0.25) is 0 Å². The van der Waals surface area contributed by atoms with Crippen LogP contribution in [0.3, 0.4) is 0 Å². The molecule has 2 fully saturated rings. The first-order valence-corrected chi connectivity index (χ1v) is 5.30. The monoisotopic (exact) mass is 168 g/mol. The standard InChI is InChI=1S/C10H20N2/c1-8-3-2-4-9(8)5-12-10-6-11-7-10/h8-12H,2-7H2,1H3. The molecule has 1 aliphatic heterocycles. The van der Waals surface area contributed by atoms with Crippen LogP contribution in [-0.4, -0.2) is 25.7 Å². The minimum absolute atomic E-state index is 0.776. The normalized spacial score (nSPS) is 36.8. The third kappa shape index (κ3) is 1.80. The van der Waals surface area contributed by atoms with Gasteiger partial charge in [0, 0.05) is 19.1 Å². The summed E-state index contributed by atoms with van der Waals surface area (Å²) in [5.41, 5.74) is 0. The van der Waals surface area contributed by atoms with Gasteiger partial charge in [-0.25, -0.2) is 0 Å². The van der Waals surface area contributed by atoms with Gasteiger partial charge in [-0.15, -0.1) is 0 Å². The lowest BCUT2D eigenvalue weighted by molar-refractivity contribution is 0.314. The van der Waals surface area contributed by atoms with E-state index in [1.165, 1.54) is 38.9 Å². The third-order valence-corrected chi connectivity index (χ3v) is 3.49. The van der Waals surface area contributed by atoms with Crippen LogP contribution in [0.2, 0.25) is 0 Å². The Hall–Kier alpha value is -0.0800. The molecular formula is C10H20N2. The van der Waals surface area contributed by atoms with Crippen molar-refractivity contribution in [2.75, 3.05) is 19.6 Å². The second-order valence-electron chi connectivity index (χ2n) is 4.43. The summed E-state index contributed by atoms with van der Waals surface area (Å²) in [6.45, 7) is 6.02. The van der Waals surface area contributed by atoms with Crippen molar-refractivity contribution in [3.05, 3.63) is 0 Å². The highest BCUT2D eigenvalue weighted by Gasteiger charge is 2.24. The summed E-state index contributed by atoms with van der Waals surface area (Å²) in [5, 5.41) is 6.91. The molecule has 2 aliphatic rings. The summed E-state index contributed by atoms with van der Waals surface area (Å²) in [6.07, 6.45) is 4.36. The van der Waals surface area contributed by atoms with E-state index in [0.717, 1.165) is 17.9 Å². The Labute approximate surface area is 75.1 Å². The molecule has 0 radical (unpaired) electrons. The average molecular weight is 168 g/mol. The molecule has 12 heavy (non-hydrogen) atoms. The van der Waals surface area contributed by atoms with Gasteiger partial charge in [0.1, 0.15) is 0 Å². The zero-order valence-corrected chi connectivity index (χ0v) is 7.97. The van der Waals surface area contributed by atoms with Crippen molar-refractivity contribution in [3.8, 4) is 0 Å².